The van der Waals surface area contributed by atoms with Gasteiger partial charge < -0.3 is 10.1 Å². The van der Waals surface area contributed by atoms with Gasteiger partial charge in [0.15, 0.2) is 0 Å². The van der Waals surface area contributed by atoms with Gasteiger partial charge in [-0.15, -0.1) is 0 Å². The molecule has 0 saturated carbocycles. The molecule has 0 unspecified atom stereocenters. The van der Waals surface area contributed by atoms with Crippen molar-refractivity contribution in [3.8, 4) is 0 Å². The van der Waals surface area contributed by atoms with Crippen molar-refractivity contribution in [3.63, 3.8) is 0 Å². The van der Waals surface area contributed by atoms with E-state index in [1.54, 1.807) is 27.7 Å². The molecule has 0 aromatic rings. The van der Waals surface area contributed by atoms with Crippen molar-refractivity contribution < 1.29 is 13.9 Å². The van der Waals surface area contributed by atoms with E-state index in [9.17, 15) is 9.18 Å². The Morgan fingerprint density at radius 3 is 2.42 bits per heavy atom. The summed E-state index contributed by atoms with van der Waals surface area (Å²) in [6.07, 6.45) is -0.756. The van der Waals surface area contributed by atoms with Gasteiger partial charge in [0.2, 0.25) is 0 Å². The molecule has 1 N–H and O–H groups in total. The third-order valence-corrected chi connectivity index (χ3v) is 1.12. The molecule has 0 aromatic heterocycles. The summed E-state index contributed by atoms with van der Waals surface area (Å²) in [6, 6.07) is 0. The minimum absolute atomic E-state index is 0.180. The highest BCUT2D eigenvalue weighted by Crippen LogP contribution is 2.03. The number of amides is 1. The first kappa shape index (κ1) is 11.2. The van der Waals surface area contributed by atoms with Crippen LogP contribution in [0.3, 0.4) is 0 Å². The zero-order chi connectivity index (χ0) is 9.78. The Morgan fingerprint density at radius 1 is 1.58 bits per heavy atom. The normalized spacial score (nSPS) is 11.5. The van der Waals surface area contributed by atoms with Gasteiger partial charge in [0.1, 0.15) is 6.67 Å². The van der Waals surface area contributed by atoms with Crippen LogP contribution >= 0.6 is 0 Å². The van der Waals surface area contributed by atoms with Crippen LogP contribution in [0.4, 0.5) is 9.18 Å². The van der Waals surface area contributed by atoms with Crippen molar-refractivity contribution in [2.24, 2.45) is 0 Å². The first-order valence-electron chi connectivity index (χ1n) is 3.92. The Morgan fingerprint density at radius 2 is 2.08 bits per heavy atom. The van der Waals surface area contributed by atoms with Crippen LogP contribution in [0, 0.1) is 0 Å². The molecule has 0 aliphatic carbocycles. The monoisotopic (exact) mass is 177 g/mol. The second kappa shape index (κ2) is 4.28. The molecule has 0 atom stereocenters. The van der Waals surface area contributed by atoms with Crippen LogP contribution in [0.5, 0.6) is 0 Å². The van der Waals surface area contributed by atoms with Gasteiger partial charge in [-0.2, -0.15) is 0 Å². The molecule has 4 heteroatoms. The number of nitrogens with one attached hydrogen (secondary N) is 1. The molecule has 1 amide bonds. The van der Waals surface area contributed by atoms with Gasteiger partial charge in [-0.3, -0.25) is 0 Å². The van der Waals surface area contributed by atoms with Crippen LogP contribution in [-0.4, -0.2) is 24.4 Å². The molecule has 0 aliphatic heterocycles. The van der Waals surface area contributed by atoms with Gasteiger partial charge in [0.05, 0.1) is 11.6 Å². The lowest BCUT2D eigenvalue weighted by Gasteiger charge is -2.22. The number of carbonyl (C=O) groups is 1. The summed E-state index contributed by atoms with van der Waals surface area (Å²) in [5.74, 6) is 0. The summed E-state index contributed by atoms with van der Waals surface area (Å²) < 4.78 is 17.0. The smallest absolute Gasteiger partial charge is 0.407 e. The number of carbonyl (C=O) groups excluding carboxylic acids is 1. The van der Waals surface area contributed by atoms with Crippen LogP contribution in [0.1, 0.15) is 27.7 Å². The molecule has 3 nitrogen and oxygen atoms in total. The zero-order valence-electron chi connectivity index (χ0n) is 7.98. The average Bonchev–Trinajstić information content (AvgIpc) is 1.84. The Hall–Kier alpha value is -0.800. The zero-order valence-corrected chi connectivity index (χ0v) is 7.98. The summed E-state index contributed by atoms with van der Waals surface area (Å²) >= 11 is 0. The molecular weight excluding hydrogens is 161 g/mol. The molecule has 0 bridgehead atoms. The van der Waals surface area contributed by atoms with Crippen LogP contribution in [0.25, 0.3) is 0 Å². The summed E-state index contributed by atoms with van der Waals surface area (Å²) in [5, 5.41) is 2.40. The molecule has 0 radical (unpaired) electrons. The lowest BCUT2D eigenvalue weighted by atomic mass is 10.1. The fourth-order valence-electron chi connectivity index (χ4n) is 0.553. The van der Waals surface area contributed by atoms with Gasteiger partial charge in [-0.1, -0.05) is 0 Å². The summed E-state index contributed by atoms with van der Waals surface area (Å²) in [5.41, 5.74) is -0.841. The van der Waals surface area contributed by atoms with Gasteiger partial charge >= 0.3 is 6.09 Å². The molecule has 0 rings (SSSR count). The standard InChI is InChI=1S/C8H16FNO2/c1-6(2)12-7(11)10-8(3,4)5-9/h6H,5H2,1-4H3,(H,10,11). The van der Waals surface area contributed by atoms with Gasteiger partial charge in [-0.05, 0) is 27.7 Å². The number of hydrogen-bond donors (Lipinski definition) is 1. The number of halogens is 1. The van der Waals surface area contributed by atoms with Crippen molar-refractivity contribution in [1.82, 2.24) is 5.32 Å². The summed E-state index contributed by atoms with van der Waals surface area (Å²) in [6.45, 7) is 6.05. The Bertz CT molecular complexity index is 157. The van der Waals surface area contributed by atoms with E-state index >= 15 is 0 Å². The molecule has 12 heavy (non-hydrogen) atoms. The molecule has 0 aliphatic rings. The van der Waals surface area contributed by atoms with Gasteiger partial charge in [0, 0.05) is 0 Å². The Balaban J connectivity index is 3.84. The predicted octanol–water partition coefficient (Wildman–Crippen LogP) is 1.87. The first-order chi connectivity index (χ1) is 5.37. The van der Waals surface area contributed by atoms with Gasteiger partial charge in [-0.25, -0.2) is 9.18 Å². The van der Waals surface area contributed by atoms with Crippen LogP contribution in [0.15, 0.2) is 0 Å². The average molecular weight is 177 g/mol. The number of ether oxygens (including phenoxy) is 1. The van der Waals surface area contributed by atoms with Crippen LogP contribution in [0.2, 0.25) is 0 Å². The highest BCUT2D eigenvalue weighted by Gasteiger charge is 2.21. The molecule has 0 aromatic carbocycles. The molecular formula is C8H16FNO2. The van der Waals surface area contributed by atoms with E-state index in [2.05, 4.69) is 5.32 Å². The number of hydrogen-bond acceptors (Lipinski definition) is 2. The van der Waals surface area contributed by atoms with E-state index < -0.39 is 18.3 Å². The number of alkyl halides is 1. The number of alkyl carbamates (subject to hydrolysis) is 1. The van der Waals surface area contributed by atoms with E-state index in [1.165, 1.54) is 0 Å². The van der Waals surface area contributed by atoms with Crippen molar-refractivity contribution in [3.05, 3.63) is 0 Å². The largest absolute Gasteiger partial charge is 0.447 e. The maximum Gasteiger partial charge on any atom is 0.407 e. The van der Waals surface area contributed by atoms with E-state index in [0.29, 0.717) is 0 Å². The highest BCUT2D eigenvalue weighted by atomic mass is 19.1. The summed E-state index contributed by atoms with van der Waals surface area (Å²) in [7, 11) is 0. The maximum absolute atomic E-state index is 12.2. The van der Waals surface area contributed by atoms with Crippen molar-refractivity contribution >= 4 is 6.09 Å². The molecule has 0 heterocycles. The topological polar surface area (TPSA) is 38.3 Å². The first-order valence-corrected chi connectivity index (χ1v) is 3.92. The van der Waals surface area contributed by atoms with Crippen molar-refractivity contribution in [2.75, 3.05) is 6.67 Å². The fourth-order valence-corrected chi connectivity index (χ4v) is 0.553. The van der Waals surface area contributed by atoms with E-state index in [4.69, 9.17) is 4.74 Å². The highest BCUT2D eigenvalue weighted by molar-refractivity contribution is 5.68. The second-order valence-electron chi connectivity index (χ2n) is 3.60. The van der Waals surface area contributed by atoms with E-state index in [-0.39, 0.29) is 6.10 Å². The van der Waals surface area contributed by atoms with E-state index in [0.717, 1.165) is 0 Å². The van der Waals surface area contributed by atoms with Crippen LogP contribution < -0.4 is 5.32 Å². The van der Waals surface area contributed by atoms with Crippen LogP contribution in [-0.2, 0) is 4.74 Å². The quantitative estimate of drug-likeness (QED) is 0.714. The van der Waals surface area contributed by atoms with Crippen molar-refractivity contribution in [2.45, 2.75) is 39.3 Å². The maximum atomic E-state index is 12.2. The lowest BCUT2D eigenvalue weighted by Crippen LogP contribution is -2.45. The third-order valence-electron chi connectivity index (χ3n) is 1.12. The van der Waals surface area contributed by atoms with Crippen molar-refractivity contribution in [1.29, 1.82) is 0 Å². The molecule has 0 saturated heterocycles. The van der Waals surface area contributed by atoms with Gasteiger partial charge in [0.25, 0.3) is 0 Å². The minimum atomic E-state index is -0.841. The molecule has 0 fully saturated rings. The Labute approximate surface area is 72.3 Å². The molecule has 0 spiro atoms. The minimum Gasteiger partial charge on any atom is -0.447 e. The summed E-state index contributed by atoms with van der Waals surface area (Å²) in [4.78, 5) is 10.9. The molecule has 72 valence electrons. The lowest BCUT2D eigenvalue weighted by molar-refractivity contribution is 0.104. The predicted molar refractivity (Wildman–Crippen MR) is 44.8 cm³/mol. The van der Waals surface area contributed by atoms with E-state index in [1.807, 2.05) is 0 Å². The SMILES string of the molecule is CC(C)OC(=O)NC(C)(C)CF. The fraction of sp³-hybridized carbons (Fsp3) is 0.875. The second-order valence-corrected chi connectivity index (χ2v) is 3.60. The third kappa shape index (κ3) is 4.93. The Kier molecular flexibility index (Phi) is 4.00. The number of rotatable bonds is 3.